The highest BCUT2D eigenvalue weighted by Crippen LogP contribution is 2.22. The monoisotopic (exact) mass is 206 g/mol. The molecule has 0 heterocycles. The van der Waals surface area contributed by atoms with Crippen molar-refractivity contribution in [2.24, 2.45) is 5.73 Å². The average molecular weight is 206 g/mol. The van der Waals surface area contributed by atoms with Crippen LogP contribution in [0.5, 0.6) is 5.75 Å². The summed E-state index contributed by atoms with van der Waals surface area (Å²) in [5, 5.41) is 3.46. The summed E-state index contributed by atoms with van der Waals surface area (Å²) in [6, 6.07) is 8.71. The van der Waals surface area contributed by atoms with Crippen molar-refractivity contribution < 1.29 is 4.74 Å². The lowest BCUT2D eigenvalue weighted by atomic mass is 10.1. The van der Waals surface area contributed by atoms with Gasteiger partial charge in [-0.3, -0.25) is 0 Å². The molecule has 1 saturated carbocycles. The van der Waals surface area contributed by atoms with Gasteiger partial charge in [-0.05, 0) is 43.5 Å². The number of benzene rings is 1. The van der Waals surface area contributed by atoms with Crippen molar-refractivity contribution in [3.8, 4) is 5.75 Å². The van der Waals surface area contributed by atoms with Crippen LogP contribution in [0.15, 0.2) is 24.3 Å². The number of ether oxygens (including phenoxy) is 1. The van der Waals surface area contributed by atoms with Gasteiger partial charge in [0.05, 0.1) is 7.11 Å². The topological polar surface area (TPSA) is 47.3 Å². The van der Waals surface area contributed by atoms with Gasteiger partial charge < -0.3 is 15.8 Å². The van der Waals surface area contributed by atoms with Gasteiger partial charge in [0, 0.05) is 17.8 Å². The summed E-state index contributed by atoms with van der Waals surface area (Å²) >= 11 is 0. The quantitative estimate of drug-likeness (QED) is 0.795. The van der Waals surface area contributed by atoms with E-state index in [0.717, 1.165) is 17.9 Å². The molecule has 3 heteroatoms. The summed E-state index contributed by atoms with van der Waals surface area (Å²) in [4.78, 5) is 0. The van der Waals surface area contributed by atoms with Crippen molar-refractivity contribution in [3.63, 3.8) is 0 Å². The molecule has 15 heavy (non-hydrogen) atoms. The van der Waals surface area contributed by atoms with Crippen molar-refractivity contribution in [1.29, 1.82) is 0 Å². The predicted octanol–water partition coefficient (Wildman–Crippen LogP) is 1.99. The number of rotatable bonds is 3. The summed E-state index contributed by atoms with van der Waals surface area (Å²) in [6.07, 6.45) is 3.54. The fourth-order valence-corrected chi connectivity index (χ4v) is 2.07. The van der Waals surface area contributed by atoms with Crippen molar-refractivity contribution in [1.82, 2.24) is 0 Å². The largest absolute Gasteiger partial charge is 0.497 e. The van der Waals surface area contributed by atoms with Gasteiger partial charge in [-0.25, -0.2) is 0 Å². The molecule has 0 bridgehead atoms. The summed E-state index contributed by atoms with van der Waals surface area (Å²) in [7, 11) is 1.68. The van der Waals surface area contributed by atoms with Crippen LogP contribution < -0.4 is 15.8 Å². The van der Waals surface area contributed by atoms with Crippen LogP contribution in [0.1, 0.15) is 19.3 Å². The van der Waals surface area contributed by atoms with E-state index in [1.165, 1.54) is 12.8 Å². The van der Waals surface area contributed by atoms with Gasteiger partial charge in [-0.15, -0.1) is 0 Å². The van der Waals surface area contributed by atoms with E-state index >= 15 is 0 Å². The van der Waals surface area contributed by atoms with Gasteiger partial charge in [-0.1, -0.05) is 0 Å². The van der Waals surface area contributed by atoms with Gasteiger partial charge in [-0.2, -0.15) is 0 Å². The summed E-state index contributed by atoms with van der Waals surface area (Å²) < 4.78 is 5.11. The first-order valence-corrected chi connectivity index (χ1v) is 5.46. The van der Waals surface area contributed by atoms with Gasteiger partial charge in [0.15, 0.2) is 0 Å². The average Bonchev–Trinajstić information content (AvgIpc) is 2.66. The first-order valence-electron chi connectivity index (χ1n) is 5.46. The molecule has 3 N–H and O–H groups in total. The highest BCUT2D eigenvalue weighted by atomic mass is 16.5. The third kappa shape index (κ3) is 2.42. The maximum atomic E-state index is 6.00. The van der Waals surface area contributed by atoms with E-state index < -0.39 is 0 Å². The molecule has 2 rings (SSSR count). The lowest BCUT2D eigenvalue weighted by Crippen LogP contribution is -2.35. The fraction of sp³-hybridized carbons (Fsp3) is 0.500. The SMILES string of the molecule is COc1ccc(NC2CCCC2N)cc1. The molecule has 82 valence electrons. The molecular weight excluding hydrogens is 188 g/mol. The van der Waals surface area contributed by atoms with E-state index in [4.69, 9.17) is 10.5 Å². The number of methoxy groups -OCH3 is 1. The zero-order valence-electron chi connectivity index (χ0n) is 9.07. The Hall–Kier alpha value is -1.22. The maximum Gasteiger partial charge on any atom is 0.119 e. The number of hydrogen-bond acceptors (Lipinski definition) is 3. The van der Waals surface area contributed by atoms with Crippen molar-refractivity contribution >= 4 is 5.69 Å². The van der Waals surface area contributed by atoms with Crippen LogP contribution in [0.4, 0.5) is 5.69 Å². The summed E-state index contributed by atoms with van der Waals surface area (Å²) in [6.45, 7) is 0. The first-order chi connectivity index (χ1) is 7.29. The molecule has 1 aliphatic rings. The standard InChI is InChI=1S/C12H18N2O/c1-15-10-7-5-9(6-8-10)14-12-4-2-3-11(12)13/h5-8,11-12,14H,2-4,13H2,1H3. The minimum atomic E-state index is 0.298. The minimum absolute atomic E-state index is 0.298. The number of hydrogen-bond donors (Lipinski definition) is 2. The molecule has 0 spiro atoms. The second kappa shape index (κ2) is 4.53. The lowest BCUT2D eigenvalue weighted by Gasteiger charge is -2.18. The Balaban J connectivity index is 1.98. The molecule has 0 aliphatic heterocycles. The molecule has 1 aromatic rings. The van der Waals surface area contributed by atoms with E-state index in [2.05, 4.69) is 5.32 Å². The van der Waals surface area contributed by atoms with E-state index in [1.807, 2.05) is 24.3 Å². The Labute approximate surface area is 90.6 Å². The Morgan fingerprint density at radius 1 is 1.27 bits per heavy atom. The fourth-order valence-electron chi connectivity index (χ4n) is 2.07. The molecule has 2 atom stereocenters. The second-order valence-electron chi connectivity index (χ2n) is 4.07. The van der Waals surface area contributed by atoms with Crippen LogP contribution in [0, 0.1) is 0 Å². The third-order valence-corrected chi connectivity index (χ3v) is 3.01. The number of nitrogens with one attached hydrogen (secondary N) is 1. The van der Waals surface area contributed by atoms with Gasteiger partial charge in [0.25, 0.3) is 0 Å². The molecule has 1 aliphatic carbocycles. The zero-order valence-corrected chi connectivity index (χ0v) is 9.07. The zero-order chi connectivity index (χ0) is 10.7. The second-order valence-corrected chi connectivity index (χ2v) is 4.07. The smallest absolute Gasteiger partial charge is 0.119 e. The molecule has 1 fully saturated rings. The number of nitrogens with two attached hydrogens (primary N) is 1. The van der Waals surface area contributed by atoms with Crippen LogP contribution >= 0.6 is 0 Å². The van der Waals surface area contributed by atoms with Crippen LogP contribution in [-0.4, -0.2) is 19.2 Å². The highest BCUT2D eigenvalue weighted by Gasteiger charge is 2.23. The van der Waals surface area contributed by atoms with Gasteiger partial charge in [0.1, 0.15) is 5.75 Å². The van der Waals surface area contributed by atoms with E-state index in [9.17, 15) is 0 Å². The van der Waals surface area contributed by atoms with E-state index in [1.54, 1.807) is 7.11 Å². The van der Waals surface area contributed by atoms with Gasteiger partial charge in [0.2, 0.25) is 0 Å². The first kappa shape index (κ1) is 10.3. The highest BCUT2D eigenvalue weighted by molar-refractivity contribution is 5.47. The molecular formula is C12H18N2O. The maximum absolute atomic E-state index is 6.00. The Morgan fingerprint density at radius 3 is 2.53 bits per heavy atom. The summed E-state index contributed by atoms with van der Waals surface area (Å²) in [5.74, 6) is 0.885. The van der Waals surface area contributed by atoms with Crippen LogP contribution in [-0.2, 0) is 0 Å². The Bertz CT molecular complexity index is 310. The minimum Gasteiger partial charge on any atom is -0.497 e. The van der Waals surface area contributed by atoms with E-state index in [0.29, 0.717) is 12.1 Å². The third-order valence-electron chi connectivity index (χ3n) is 3.01. The Morgan fingerprint density at radius 2 is 2.00 bits per heavy atom. The molecule has 0 radical (unpaired) electrons. The van der Waals surface area contributed by atoms with Crippen LogP contribution in [0.25, 0.3) is 0 Å². The predicted molar refractivity (Wildman–Crippen MR) is 62.2 cm³/mol. The normalized spacial score (nSPS) is 25.2. The van der Waals surface area contributed by atoms with E-state index in [-0.39, 0.29) is 0 Å². The van der Waals surface area contributed by atoms with Crippen molar-refractivity contribution in [2.75, 3.05) is 12.4 Å². The Kier molecular flexibility index (Phi) is 3.11. The molecule has 0 saturated heterocycles. The van der Waals surface area contributed by atoms with Crippen molar-refractivity contribution in [2.45, 2.75) is 31.3 Å². The van der Waals surface area contributed by atoms with Crippen molar-refractivity contribution in [3.05, 3.63) is 24.3 Å². The van der Waals surface area contributed by atoms with Crippen LogP contribution in [0.2, 0.25) is 0 Å². The molecule has 1 aromatic carbocycles. The molecule has 0 aromatic heterocycles. The molecule has 2 unspecified atom stereocenters. The van der Waals surface area contributed by atoms with Crippen LogP contribution in [0.3, 0.4) is 0 Å². The lowest BCUT2D eigenvalue weighted by molar-refractivity contribution is 0.415. The molecule has 0 amide bonds. The molecule has 3 nitrogen and oxygen atoms in total. The number of anilines is 1. The summed E-state index contributed by atoms with van der Waals surface area (Å²) in [5.41, 5.74) is 7.12. The van der Waals surface area contributed by atoms with Gasteiger partial charge >= 0.3 is 0 Å².